The molecular weight excluding hydrogens is 602 g/mol. The topological polar surface area (TPSA) is 103 Å². The van der Waals surface area contributed by atoms with Crippen molar-refractivity contribution >= 4 is 58.0 Å². The summed E-state index contributed by atoms with van der Waals surface area (Å²) in [6.45, 7) is 8.38. The summed E-state index contributed by atoms with van der Waals surface area (Å²) in [4.78, 5) is 42.5. The molecule has 0 aromatic carbocycles. The normalized spacial score (nSPS) is 16.5. The monoisotopic (exact) mass is 631 g/mol. The number of allylic oxidation sites excluding steroid dienone is 1. The number of carbonyl (C=O) groups excluding carboxylic acids is 2. The van der Waals surface area contributed by atoms with Crippen molar-refractivity contribution in [2.75, 3.05) is 38.5 Å². The van der Waals surface area contributed by atoms with E-state index in [0.29, 0.717) is 30.0 Å². The predicted octanol–water partition coefficient (Wildman–Crippen LogP) is 5.72. The molecule has 3 rings (SSSR count). The Kier molecular flexibility index (Phi) is 11.3. The van der Waals surface area contributed by atoms with E-state index in [-0.39, 0.29) is 21.3 Å². The van der Waals surface area contributed by atoms with Crippen molar-refractivity contribution in [3.05, 3.63) is 61.8 Å². The van der Waals surface area contributed by atoms with Crippen molar-refractivity contribution in [2.24, 2.45) is 4.99 Å². The lowest BCUT2D eigenvalue weighted by atomic mass is 10.2. The number of anilines is 1. The molecule has 1 atom stereocenters. The third-order valence-electron chi connectivity index (χ3n) is 6.07. The number of thiazole rings is 1. The van der Waals surface area contributed by atoms with Crippen LogP contribution >= 0.6 is 34.5 Å². The summed E-state index contributed by atoms with van der Waals surface area (Å²) in [7, 11) is 2.04. The average Bonchev–Trinajstić information content (AvgIpc) is 3.42. The Labute approximate surface area is 250 Å². The number of hydrogen-bond acceptors (Lipinski definition) is 7. The van der Waals surface area contributed by atoms with Gasteiger partial charge >= 0.3 is 6.18 Å². The highest BCUT2D eigenvalue weighted by Gasteiger charge is 2.34. The molecule has 0 bridgehead atoms. The standard InChI is InChI=1S/C26H30Cl2F3N7O2S/c1-5-6-7-32-22(38-10-8-37(4)9-11-38)21(28)15(2)23(39)35-16(3)25-34-14-19(41-25)24(40)36-20-12-17(26(29,30)31)18(27)13-33-20/h6-7,12-14,16H,5,8-11H2,1-4H3,(H,35,39)(H,33,36,40)/b7-6+,21-15-,32-22-. The van der Waals surface area contributed by atoms with Gasteiger partial charge in [-0.1, -0.05) is 36.2 Å². The second-order valence-electron chi connectivity index (χ2n) is 9.23. The predicted molar refractivity (Wildman–Crippen MR) is 155 cm³/mol. The molecule has 1 aliphatic heterocycles. The first-order valence-corrected chi connectivity index (χ1v) is 14.2. The second kappa shape index (κ2) is 14.3. The zero-order valence-electron chi connectivity index (χ0n) is 22.9. The Balaban J connectivity index is 1.71. The molecule has 2 N–H and O–H groups in total. The summed E-state index contributed by atoms with van der Waals surface area (Å²) in [5.74, 6) is -0.940. The minimum absolute atomic E-state index is 0.115. The fraction of sp³-hybridized carbons (Fsp3) is 0.423. The van der Waals surface area contributed by atoms with Gasteiger partial charge in [0.15, 0.2) is 0 Å². The molecule has 2 aromatic rings. The Morgan fingerprint density at radius 2 is 1.90 bits per heavy atom. The number of amides is 2. The highest BCUT2D eigenvalue weighted by Crippen LogP contribution is 2.35. The lowest BCUT2D eigenvalue weighted by Crippen LogP contribution is -2.47. The van der Waals surface area contributed by atoms with E-state index >= 15 is 0 Å². The van der Waals surface area contributed by atoms with E-state index in [4.69, 9.17) is 23.2 Å². The van der Waals surface area contributed by atoms with Crippen molar-refractivity contribution in [1.29, 1.82) is 0 Å². The van der Waals surface area contributed by atoms with Crippen LogP contribution in [0.15, 0.2) is 46.3 Å². The van der Waals surface area contributed by atoms with Crippen LogP contribution in [0.4, 0.5) is 19.0 Å². The molecule has 3 heterocycles. The number of likely N-dealkylation sites (N-methyl/N-ethyl adjacent to an activating group) is 1. The molecule has 15 heteroatoms. The Morgan fingerprint density at radius 1 is 1.22 bits per heavy atom. The number of amidine groups is 1. The number of nitrogens with zero attached hydrogens (tertiary/aromatic N) is 5. The van der Waals surface area contributed by atoms with E-state index < -0.39 is 34.6 Å². The molecule has 2 aromatic heterocycles. The van der Waals surface area contributed by atoms with Crippen molar-refractivity contribution in [3.63, 3.8) is 0 Å². The summed E-state index contributed by atoms with van der Waals surface area (Å²) in [5.41, 5.74) is -0.847. The summed E-state index contributed by atoms with van der Waals surface area (Å²) in [6.07, 6.45) is 1.75. The van der Waals surface area contributed by atoms with E-state index in [0.717, 1.165) is 37.0 Å². The first-order chi connectivity index (χ1) is 19.3. The number of halogens is 5. The second-order valence-corrected chi connectivity index (χ2v) is 11.1. The zero-order chi connectivity index (χ0) is 30.3. The number of aromatic nitrogens is 2. The number of hydrogen-bond donors (Lipinski definition) is 2. The van der Waals surface area contributed by atoms with Crippen LogP contribution in [0.2, 0.25) is 5.02 Å². The molecule has 0 saturated carbocycles. The lowest BCUT2D eigenvalue weighted by Gasteiger charge is -2.34. The number of rotatable bonds is 8. The van der Waals surface area contributed by atoms with Crippen LogP contribution in [0.5, 0.6) is 0 Å². The quantitative estimate of drug-likeness (QED) is 0.219. The fourth-order valence-corrected chi connectivity index (χ4v) is 4.93. The molecule has 41 heavy (non-hydrogen) atoms. The third kappa shape index (κ3) is 8.74. The highest BCUT2D eigenvalue weighted by atomic mass is 35.5. The van der Waals surface area contributed by atoms with Gasteiger partial charge in [0, 0.05) is 44.1 Å². The maximum Gasteiger partial charge on any atom is 0.418 e. The Morgan fingerprint density at radius 3 is 2.54 bits per heavy atom. The van der Waals surface area contributed by atoms with Gasteiger partial charge in [0.05, 0.1) is 27.9 Å². The number of carbonyl (C=O) groups is 2. The highest BCUT2D eigenvalue weighted by molar-refractivity contribution is 7.13. The molecule has 9 nitrogen and oxygen atoms in total. The maximum absolute atomic E-state index is 13.1. The van der Waals surface area contributed by atoms with Crippen molar-refractivity contribution in [3.8, 4) is 0 Å². The number of alkyl halides is 3. The summed E-state index contributed by atoms with van der Waals surface area (Å²) in [6, 6.07) is 0.0599. The van der Waals surface area contributed by atoms with Crippen LogP contribution < -0.4 is 10.6 Å². The van der Waals surface area contributed by atoms with E-state index in [1.54, 1.807) is 20.0 Å². The minimum atomic E-state index is -4.70. The van der Waals surface area contributed by atoms with E-state index in [2.05, 4.69) is 30.5 Å². The smallest absolute Gasteiger partial charge is 0.353 e. The zero-order valence-corrected chi connectivity index (χ0v) is 25.2. The van der Waals surface area contributed by atoms with Crippen molar-refractivity contribution in [2.45, 2.75) is 39.4 Å². The molecule has 1 saturated heterocycles. The average molecular weight is 633 g/mol. The van der Waals surface area contributed by atoms with Crippen LogP contribution in [0, 0.1) is 0 Å². The lowest BCUT2D eigenvalue weighted by molar-refractivity contribution is -0.137. The maximum atomic E-state index is 13.1. The molecule has 1 aliphatic rings. The summed E-state index contributed by atoms with van der Waals surface area (Å²) < 4.78 is 39.4. The van der Waals surface area contributed by atoms with Crippen LogP contribution in [-0.2, 0) is 11.0 Å². The SMILES string of the molecule is CC/C=C/N=C(/C(Cl)=C(\C)C(=O)NC(C)c1ncc(C(=O)Nc2cc(C(F)(F)F)c(Cl)cn2)s1)N1CCN(C)CC1. The third-order valence-corrected chi connectivity index (χ3v) is 8.01. The minimum Gasteiger partial charge on any atom is -0.353 e. The number of piperazine rings is 1. The molecule has 1 fully saturated rings. The number of aliphatic imine (C=N–C) groups is 1. The summed E-state index contributed by atoms with van der Waals surface area (Å²) >= 11 is 13.3. The van der Waals surface area contributed by atoms with Gasteiger partial charge in [-0.05, 0) is 33.4 Å². The van der Waals surface area contributed by atoms with Crippen LogP contribution in [0.25, 0.3) is 0 Å². The van der Waals surface area contributed by atoms with Gasteiger partial charge in [-0.15, -0.1) is 11.3 Å². The molecule has 1 unspecified atom stereocenters. The molecule has 2 amide bonds. The van der Waals surface area contributed by atoms with E-state index in [1.165, 1.54) is 6.20 Å². The first-order valence-electron chi connectivity index (χ1n) is 12.7. The molecule has 0 spiro atoms. The van der Waals surface area contributed by atoms with Gasteiger partial charge < -0.3 is 20.4 Å². The van der Waals surface area contributed by atoms with Crippen molar-refractivity contribution < 1.29 is 22.8 Å². The Hall–Kier alpha value is -3.00. The summed E-state index contributed by atoms with van der Waals surface area (Å²) in [5, 5.41) is 5.20. The molecule has 0 aliphatic carbocycles. The van der Waals surface area contributed by atoms with E-state index in [9.17, 15) is 22.8 Å². The van der Waals surface area contributed by atoms with Crippen LogP contribution in [-0.4, -0.2) is 70.6 Å². The van der Waals surface area contributed by atoms with Gasteiger partial charge in [-0.3, -0.25) is 9.59 Å². The van der Waals surface area contributed by atoms with E-state index in [1.807, 2.05) is 24.9 Å². The molecule has 222 valence electrons. The Bertz CT molecular complexity index is 1350. The van der Waals surface area contributed by atoms with Gasteiger partial charge in [0.1, 0.15) is 21.5 Å². The molecule has 0 radical (unpaired) electrons. The molecular formula is C26H30Cl2F3N7O2S. The largest absolute Gasteiger partial charge is 0.418 e. The van der Waals surface area contributed by atoms with Crippen molar-refractivity contribution in [1.82, 2.24) is 25.1 Å². The van der Waals surface area contributed by atoms with Gasteiger partial charge in [0.2, 0.25) is 5.91 Å². The first kappa shape index (κ1) is 32.5. The number of nitrogens with one attached hydrogen (secondary N) is 2. The fourth-order valence-electron chi connectivity index (χ4n) is 3.65. The number of pyridine rings is 1. The van der Waals surface area contributed by atoms with Crippen LogP contribution in [0.1, 0.15) is 53.5 Å². The van der Waals surface area contributed by atoms with Gasteiger partial charge in [0.25, 0.3) is 5.91 Å². The van der Waals surface area contributed by atoms with Gasteiger partial charge in [-0.2, -0.15) is 13.2 Å². The van der Waals surface area contributed by atoms with Crippen LogP contribution in [0.3, 0.4) is 0 Å². The van der Waals surface area contributed by atoms with Gasteiger partial charge in [-0.25, -0.2) is 15.0 Å².